The van der Waals surface area contributed by atoms with Crippen molar-refractivity contribution in [2.75, 3.05) is 5.32 Å². The molecule has 0 bridgehead atoms. The standard InChI is InChI=1S/C15H18N2O/c1-10-6-7-13(11(2)16-10)17-14-4-3-5-15-12(14)8-9-18-15/h6-9,14,17H,3-5H2,1-2H3. The minimum Gasteiger partial charge on any atom is -0.469 e. The summed E-state index contributed by atoms with van der Waals surface area (Å²) in [5, 5.41) is 3.60. The number of nitrogens with one attached hydrogen (secondary N) is 1. The number of furan rings is 1. The Morgan fingerprint density at radius 2 is 2.17 bits per heavy atom. The van der Waals surface area contributed by atoms with Crippen molar-refractivity contribution in [3.05, 3.63) is 47.2 Å². The molecule has 1 aliphatic carbocycles. The van der Waals surface area contributed by atoms with Crippen LogP contribution in [-0.4, -0.2) is 4.98 Å². The zero-order valence-corrected chi connectivity index (χ0v) is 10.9. The van der Waals surface area contributed by atoms with Gasteiger partial charge in [-0.2, -0.15) is 0 Å². The largest absolute Gasteiger partial charge is 0.469 e. The average Bonchev–Trinajstić information content (AvgIpc) is 2.82. The smallest absolute Gasteiger partial charge is 0.109 e. The molecule has 1 aliphatic rings. The molecule has 0 spiro atoms. The Morgan fingerprint density at radius 3 is 3.00 bits per heavy atom. The Morgan fingerprint density at radius 1 is 1.28 bits per heavy atom. The van der Waals surface area contributed by atoms with Gasteiger partial charge < -0.3 is 9.73 Å². The van der Waals surface area contributed by atoms with E-state index in [1.165, 1.54) is 12.0 Å². The van der Waals surface area contributed by atoms with Crippen molar-refractivity contribution in [1.29, 1.82) is 0 Å². The first-order valence-corrected chi connectivity index (χ1v) is 6.51. The van der Waals surface area contributed by atoms with Crippen molar-refractivity contribution in [3.63, 3.8) is 0 Å². The predicted molar refractivity (Wildman–Crippen MR) is 71.7 cm³/mol. The van der Waals surface area contributed by atoms with Crippen molar-refractivity contribution in [3.8, 4) is 0 Å². The maximum absolute atomic E-state index is 5.52. The van der Waals surface area contributed by atoms with Crippen LogP contribution in [0.15, 0.2) is 28.9 Å². The molecule has 2 aromatic heterocycles. The third kappa shape index (κ3) is 2.01. The van der Waals surface area contributed by atoms with E-state index in [1.54, 1.807) is 6.26 Å². The first-order valence-electron chi connectivity index (χ1n) is 6.51. The molecule has 0 saturated heterocycles. The predicted octanol–water partition coefficient (Wildman–Crippen LogP) is 3.78. The number of anilines is 1. The average molecular weight is 242 g/mol. The van der Waals surface area contributed by atoms with Gasteiger partial charge in [0.2, 0.25) is 0 Å². The Bertz CT molecular complexity index is 559. The van der Waals surface area contributed by atoms with Crippen LogP contribution >= 0.6 is 0 Å². The van der Waals surface area contributed by atoms with Gasteiger partial charge in [-0.15, -0.1) is 0 Å². The lowest BCUT2D eigenvalue weighted by Crippen LogP contribution is -2.16. The van der Waals surface area contributed by atoms with Crippen LogP contribution in [0.25, 0.3) is 0 Å². The van der Waals surface area contributed by atoms with Crippen LogP contribution in [0.4, 0.5) is 5.69 Å². The molecule has 18 heavy (non-hydrogen) atoms. The fourth-order valence-corrected chi connectivity index (χ4v) is 2.66. The van der Waals surface area contributed by atoms with Crippen molar-refractivity contribution < 1.29 is 4.42 Å². The molecular formula is C15H18N2O. The van der Waals surface area contributed by atoms with Gasteiger partial charge in [-0.3, -0.25) is 4.98 Å². The van der Waals surface area contributed by atoms with E-state index in [1.807, 2.05) is 6.92 Å². The summed E-state index contributed by atoms with van der Waals surface area (Å²) in [5.74, 6) is 1.14. The molecule has 0 aliphatic heterocycles. The minimum atomic E-state index is 0.357. The zero-order valence-electron chi connectivity index (χ0n) is 10.9. The molecule has 0 radical (unpaired) electrons. The summed E-state index contributed by atoms with van der Waals surface area (Å²) in [4.78, 5) is 4.50. The second-order valence-corrected chi connectivity index (χ2v) is 4.97. The Labute approximate surface area is 107 Å². The zero-order chi connectivity index (χ0) is 12.5. The van der Waals surface area contributed by atoms with Crippen LogP contribution in [0.1, 0.15) is 41.6 Å². The van der Waals surface area contributed by atoms with E-state index < -0.39 is 0 Å². The van der Waals surface area contributed by atoms with E-state index in [-0.39, 0.29) is 0 Å². The molecule has 3 rings (SSSR count). The number of pyridine rings is 1. The molecule has 2 heterocycles. The van der Waals surface area contributed by atoms with Gasteiger partial charge in [0.25, 0.3) is 0 Å². The minimum absolute atomic E-state index is 0.357. The lowest BCUT2D eigenvalue weighted by Gasteiger charge is -2.24. The summed E-state index contributed by atoms with van der Waals surface area (Å²) >= 11 is 0. The maximum Gasteiger partial charge on any atom is 0.109 e. The third-order valence-corrected chi connectivity index (χ3v) is 3.61. The van der Waals surface area contributed by atoms with E-state index in [0.717, 1.165) is 35.7 Å². The van der Waals surface area contributed by atoms with Crippen molar-refractivity contribution in [2.45, 2.75) is 39.2 Å². The fourth-order valence-electron chi connectivity index (χ4n) is 2.66. The molecule has 1 unspecified atom stereocenters. The van der Waals surface area contributed by atoms with Gasteiger partial charge in [0.15, 0.2) is 0 Å². The SMILES string of the molecule is Cc1ccc(NC2CCCc3occc32)c(C)n1. The van der Waals surface area contributed by atoms with Gasteiger partial charge >= 0.3 is 0 Å². The van der Waals surface area contributed by atoms with Crippen LogP contribution in [0.5, 0.6) is 0 Å². The normalized spacial score (nSPS) is 18.4. The molecule has 0 amide bonds. The summed E-state index contributed by atoms with van der Waals surface area (Å²) in [6, 6.07) is 6.61. The van der Waals surface area contributed by atoms with Gasteiger partial charge in [0, 0.05) is 17.7 Å². The molecule has 94 valence electrons. The number of nitrogens with zero attached hydrogens (tertiary/aromatic N) is 1. The van der Waals surface area contributed by atoms with E-state index in [0.29, 0.717) is 6.04 Å². The van der Waals surface area contributed by atoms with Gasteiger partial charge in [-0.05, 0) is 44.9 Å². The number of hydrogen-bond donors (Lipinski definition) is 1. The summed E-state index contributed by atoms with van der Waals surface area (Å²) in [5.41, 5.74) is 4.55. The Kier molecular flexibility index (Phi) is 2.82. The van der Waals surface area contributed by atoms with Crippen LogP contribution in [0.2, 0.25) is 0 Å². The molecule has 0 fully saturated rings. The van der Waals surface area contributed by atoms with Gasteiger partial charge in [-0.1, -0.05) is 0 Å². The summed E-state index contributed by atoms with van der Waals surface area (Å²) in [6.45, 7) is 4.07. The van der Waals surface area contributed by atoms with E-state index >= 15 is 0 Å². The van der Waals surface area contributed by atoms with Crippen LogP contribution in [0.3, 0.4) is 0 Å². The Balaban J connectivity index is 1.86. The highest BCUT2D eigenvalue weighted by Crippen LogP contribution is 2.33. The first-order chi connectivity index (χ1) is 8.74. The Hall–Kier alpha value is -1.77. The molecule has 1 atom stereocenters. The highest BCUT2D eigenvalue weighted by molar-refractivity contribution is 5.50. The van der Waals surface area contributed by atoms with Gasteiger partial charge in [0.1, 0.15) is 5.76 Å². The van der Waals surface area contributed by atoms with E-state index in [4.69, 9.17) is 4.42 Å². The van der Waals surface area contributed by atoms with Crippen LogP contribution in [0, 0.1) is 13.8 Å². The number of aromatic nitrogens is 1. The molecule has 3 heteroatoms. The highest BCUT2D eigenvalue weighted by Gasteiger charge is 2.22. The molecule has 1 N–H and O–H groups in total. The number of fused-ring (bicyclic) bond motifs is 1. The summed E-state index contributed by atoms with van der Waals surface area (Å²) < 4.78 is 5.52. The summed E-state index contributed by atoms with van der Waals surface area (Å²) in [6.07, 6.45) is 5.19. The molecule has 2 aromatic rings. The molecule has 0 saturated carbocycles. The highest BCUT2D eigenvalue weighted by atomic mass is 16.3. The monoisotopic (exact) mass is 242 g/mol. The van der Waals surface area contributed by atoms with Crippen LogP contribution < -0.4 is 5.32 Å². The lowest BCUT2D eigenvalue weighted by molar-refractivity contribution is 0.461. The lowest BCUT2D eigenvalue weighted by atomic mass is 9.93. The first kappa shape index (κ1) is 11.3. The molecule has 0 aromatic carbocycles. The van der Waals surface area contributed by atoms with Gasteiger partial charge in [-0.25, -0.2) is 0 Å². The van der Waals surface area contributed by atoms with Crippen molar-refractivity contribution in [2.24, 2.45) is 0 Å². The number of aryl methyl sites for hydroxylation is 3. The third-order valence-electron chi connectivity index (χ3n) is 3.61. The topological polar surface area (TPSA) is 38.1 Å². The maximum atomic E-state index is 5.52. The quantitative estimate of drug-likeness (QED) is 0.870. The fraction of sp³-hybridized carbons (Fsp3) is 0.400. The van der Waals surface area contributed by atoms with Gasteiger partial charge in [0.05, 0.1) is 23.7 Å². The number of rotatable bonds is 2. The molecular weight excluding hydrogens is 224 g/mol. The van der Waals surface area contributed by atoms with Crippen LogP contribution in [-0.2, 0) is 6.42 Å². The number of hydrogen-bond acceptors (Lipinski definition) is 3. The second-order valence-electron chi connectivity index (χ2n) is 4.97. The van der Waals surface area contributed by atoms with Crippen molar-refractivity contribution in [1.82, 2.24) is 4.98 Å². The van der Waals surface area contributed by atoms with E-state index in [2.05, 4.69) is 35.4 Å². The van der Waals surface area contributed by atoms with E-state index in [9.17, 15) is 0 Å². The second kappa shape index (κ2) is 4.48. The summed E-state index contributed by atoms with van der Waals surface area (Å²) in [7, 11) is 0. The molecule has 3 nitrogen and oxygen atoms in total. The van der Waals surface area contributed by atoms with Crippen molar-refractivity contribution >= 4 is 5.69 Å².